The molecule has 2 atom stereocenters. The highest BCUT2D eigenvalue weighted by Crippen LogP contribution is 2.16. The molecule has 2 N–H and O–H groups in total. The Bertz CT molecular complexity index is 464. The number of Topliss-reactive ketones (excluding diaryl/α,β-unsaturated/α-hetero) is 1. The van der Waals surface area contributed by atoms with Gasteiger partial charge in [0.05, 0.1) is 12.5 Å². The summed E-state index contributed by atoms with van der Waals surface area (Å²) in [5.41, 5.74) is 6.64. The molecule has 2 rings (SSSR count). The zero-order valence-electron chi connectivity index (χ0n) is 12.4. The predicted molar refractivity (Wildman–Crippen MR) is 85.2 cm³/mol. The Balaban J connectivity index is 1.74. The highest BCUT2D eigenvalue weighted by Gasteiger charge is 2.24. The molecule has 0 spiro atoms. The van der Waals surface area contributed by atoms with Crippen LogP contribution in [0.15, 0.2) is 24.3 Å². The molecule has 0 bridgehead atoms. The molecule has 116 valence electrons. The van der Waals surface area contributed by atoms with Crippen LogP contribution in [0.3, 0.4) is 0 Å². The Morgan fingerprint density at radius 1 is 1.43 bits per heavy atom. The van der Waals surface area contributed by atoms with Crippen molar-refractivity contribution in [2.75, 3.05) is 26.7 Å². The molecule has 0 saturated carbocycles. The number of nitrogens with zero attached hydrogens (tertiary/aromatic N) is 1. The topological polar surface area (TPSA) is 55.6 Å². The molecule has 1 aromatic carbocycles. The van der Waals surface area contributed by atoms with Gasteiger partial charge in [0.15, 0.2) is 5.78 Å². The first kappa shape index (κ1) is 16.3. The van der Waals surface area contributed by atoms with E-state index < -0.39 is 0 Å². The number of alkyl halides is 1. The van der Waals surface area contributed by atoms with E-state index in [0.29, 0.717) is 6.42 Å². The number of carbonyl (C=O) groups excluding carboxylic acids is 1. The molecule has 21 heavy (non-hydrogen) atoms. The number of likely N-dealkylation sites (tertiary alicyclic amines) is 1. The van der Waals surface area contributed by atoms with Crippen LogP contribution in [0.2, 0.25) is 0 Å². The van der Waals surface area contributed by atoms with Crippen LogP contribution in [0, 0.1) is 0 Å². The molecule has 1 fully saturated rings. The Kier molecular flexibility index (Phi) is 6.03. The van der Waals surface area contributed by atoms with Crippen LogP contribution in [-0.2, 0) is 0 Å². The number of benzene rings is 1. The number of halogens is 1. The fourth-order valence-electron chi connectivity index (χ4n) is 2.57. The van der Waals surface area contributed by atoms with Crippen molar-refractivity contribution in [2.45, 2.75) is 30.7 Å². The molecular formula is C16H23ClN2O2. The van der Waals surface area contributed by atoms with Crippen LogP contribution >= 0.6 is 11.6 Å². The molecule has 1 saturated heterocycles. The molecule has 1 heterocycles. The number of ketones is 1. The molecule has 2 unspecified atom stereocenters. The second-order valence-electron chi connectivity index (χ2n) is 5.52. The number of rotatable bonds is 6. The molecule has 0 radical (unpaired) electrons. The van der Waals surface area contributed by atoms with Gasteiger partial charge in [0.1, 0.15) is 5.75 Å². The van der Waals surface area contributed by atoms with Gasteiger partial charge in [0.2, 0.25) is 0 Å². The van der Waals surface area contributed by atoms with Crippen molar-refractivity contribution in [3.63, 3.8) is 0 Å². The summed E-state index contributed by atoms with van der Waals surface area (Å²) in [6, 6.07) is 7.37. The van der Waals surface area contributed by atoms with Gasteiger partial charge < -0.3 is 15.4 Å². The number of hydrogen-bond acceptors (Lipinski definition) is 4. The third-order valence-electron chi connectivity index (χ3n) is 3.97. The quantitative estimate of drug-likeness (QED) is 0.647. The second-order valence-corrected chi connectivity index (χ2v) is 6.08. The summed E-state index contributed by atoms with van der Waals surface area (Å²) in [6.07, 6.45) is 2.34. The lowest BCUT2D eigenvalue weighted by Gasteiger charge is -2.33. The zero-order valence-corrected chi connectivity index (χ0v) is 13.2. The van der Waals surface area contributed by atoms with Gasteiger partial charge in [0, 0.05) is 24.6 Å². The maximum Gasteiger partial charge on any atom is 0.162 e. The van der Waals surface area contributed by atoms with Crippen LogP contribution < -0.4 is 10.5 Å². The van der Waals surface area contributed by atoms with E-state index >= 15 is 0 Å². The summed E-state index contributed by atoms with van der Waals surface area (Å²) >= 11 is 6.18. The monoisotopic (exact) mass is 310 g/mol. The lowest BCUT2D eigenvalue weighted by Crippen LogP contribution is -2.48. The van der Waals surface area contributed by atoms with E-state index in [0.717, 1.165) is 43.8 Å². The van der Waals surface area contributed by atoms with Crippen LogP contribution in [-0.4, -0.2) is 48.8 Å². The Morgan fingerprint density at radius 3 is 2.76 bits per heavy atom. The fourth-order valence-corrected chi connectivity index (χ4v) is 2.89. The van der Waals surface area contributed by atoms with Crippen molar-refractivity contribution < 1.29 is 9.53 Å². The van der Waals surface area contributed by atoms with Crippen molar-refractivity contribution in [3.05, 3.63) is 29.8 Å². The minimum Gasteiger partial charge on any atom is -0.497 e. The summed E-state index contributed by atoms with van der Waals surface area (Å²) in [6.45, 7) is 2.69. The van der Waals surface area contributed by atoms with E-state index in [9.17, 15) is 4.79 Å². The molecule has 0 aliphatic carbocycles. The Hall–Kier alpha value is -1.10. The lowest BCUT2D eigenvalue weighted by atomic mass is 10.0. The Labute approximate surface area is 131 Å². The summed E-state index contributed by atoms with van der Waals surface area (Å²) in [5.74, 6) is 0.943. The van der Waals surface area contributed by atoms with Crippen molar-refractivity contribution in [1.29, 1.82) is 0 Å². The Morgan fingerprint density at radius 2 is 2.14 bits per heavy atom. The first-order valence-corrected chi connectivity index (χ1v) is 7.83. The number of methoxy groups -OCH3 is 1. The van der Waals surface area contributed by atoms with Gasteiger partial charge in [-0.1, -0.05) is 0 Å². The minimum absolute atomic E-state index is 0.0241. The number of nitrogens with two attached hydrogens (primary N) is 1. The summed E-state index contributed by atoms with van der Waals surface area (Å²) in [5, 5.41) is 0.0241. The predicted octanol–water partition coefficient (Wildman–Crippen LogP) is 2.30. The van der Waals surface area contributed by atoms with Crippen LogP contribution in [0.5, 0.6) is 5.75 Å². The van der Waals surface area contributed by atoms with Crippen LogP contribution in [0.4, 0.5) is 0 Å². The first-order chi connectivity index (χ1) is 10.1. The van der Waals surface area contributed by atoms with Gasteiger partial charge in [-0.2, -0.15) is 0 Å². The van der Waals surface area contributed by atoms with E-state index in [-0.39, 0.29) is 17.2 Å². The number of carbonyl (C=O) groups is 1. The van der Waals surface area contributed by atoms with E-state index in [2.05, 4.69) is 4.90 Å². The van der Waals surface area contributed by atoms with E-state index in [1.165, 1.54) is 0 Å². The van der Waals surface area contributed by atoms with Crippen molar-refractivity contribution in [2.24, 2.45) is 5.73 Å². The molecule has 4 nitrogen and oxygen atoms in total. The summed E-state index contributed by atoms with van der Waals surface area (Å²) in [4.78, 5) is 14.4. The molecule has 1 aliphatic heterocycles. The van der Waals surface area contributed by atoms with E-state index in [1.807, 2.05) is 24.3 Å². The normalized spacial score (nSPS) is 23.0. The van der Waals surface area contributed by atoms with Crippen molar-refractivity contribution in [1.82, 2.24) is 4.90 Å². The van der Waals surface area contributed by atoms with Gasteiger partial charge in [-0.25, -0.2) is 0 Å². The van der Waals surface area contributed by atoms with Gasteiger partial charge >= 0.3 is 0 Å². The maximum atomic E-state index is 12.1. The van der Waals surface area contributed by atoms with E-state index in [4.69, 9.17) is 22.1 Å². The van der Waals surface area contributed by atoms with Gasteiger partial charge in [-0.15, -0.1) is 11.6 Å². The molecule has 0 amide bonds. The van der Waals surface area contributed by atoms with Gasteiger partial charge in [-0.3, -0.25) is 4.79 Å². The zero-order chi connectivity index (χ0) is 15.2. The SMILES string of the molecule is COc1ccc(C(=O)CCCN2CCC(N)C(Cl)C2)cc1. The number of hydrogen-bond donors (Lipinski definition) is 1. The van der Waals surface area contributed by atoms with E-state index in [1.54, 1.807) is 7.11 Å². The second kappa shape index (κ2) is 7.78. The minimum atomic E-state index is 0.0241. The smallest absolute Gasteiger partial charge is 0.162 e. The van der Waals surface area contributed by atoms with Crippen molar-refractivity contribution in [3.8, 4) is 5.75 Å². The average Bonchev–Trinajstić information content (AvgIpc) is 2.51. The molecular weight excluding hydrogens is 288 g/mol. The summed E-state index contributed by atoms with van der Waals surface area (Å²) in [7, 11) is 1.62. The lowest BCUT2D eigenvalue weighted by molar-refractivity contribution is 0.0972. The third-order valence-corrected chi connectivity index (χ3v) is 4.43. The average molecular weight is 311 g/mol. The number of piperidine rings is 1. The third kappa shape index (κ3) is 4.70. The molecule has 0 aromatic heterocycles. The first-order valence-electron chi connectivity index (χ1n) is 7.39. The molecule has 1 aliphatic rings. The van der Waals surface area contributed by atoms with Crippen molar-refractivity contribution >= 4 is 17.4 Å². The standard InChI is InChI=1S/C16H23ClN2O2/c1-21-13-6-4-12(5-7-13)16(20)3-2-9-19-10-8-15(18)14(17)11-19/h4-7,14-15H,2-3,8-11,18H2,1H3. The largest absolute Gasteiger partial charge is 0.497 e. The maximum absolute atomic E-state index is 12.1. The fraction of sp³-hybridized carbons (Fsp3) is 0.562. The van der Waals surface area contributed by atoms with Crippen LogP contribution in [0.1, 0.15) is 29.6 Å². The van der Waals surface area contributed by atoms with Crippen LogP contribution in [0.25, 0.3) is 0 Å². The highest BCUT2D eigenvalue weighted by molar-refractivity contribution is 6.21. The number of ether oxygens (including phenoxy) is 1. The highest BCUT2D eigenvalue weighted by atomic mass is 35.5. The van der Waals surface area contributed by atoms with Gasteiger partial charge in [0.25, 0.3) is 0 Å². The molecule has 1 aromatic rings. The van der Waals surface area contributed by atoms with Gasteiger partial charge in [-0.05, 0) is 50.2 Å². The summed E-state index contributed by atoms with van der Waals surface area (Å²) < 4.78 is 5.09. The molecule has 5 heteroatoms.